The van der Waals surface area contributed by atoms with E-state index in [0.717, 1.165) is 26.2 Å². The molecule has 2 fully saturated rings. The minimum absolute atomic E-state index is 0.367. The van der Waals surface area contributed by atoms with Crippen LogP contribution in [-0.2, 0) is 9.47 Å². The highest BCUT2D eigenvalue weighted by molar-refractivity contribution is 4.58. The van der Waals surface area contributed by atoms with Crippen LogP contribution in [0.5, 0.6) is 0 Å². The Labute approximate surface area is 100 Å². The molecular weight excluding hydrogens is 204 g/mol. The van der Waals surface area contributed by atoms with Gasteiger partial charge in [0.2, 0.25) is 0 Å². The van der Waals surface area contributed by atoms with Crippen LogP contribution in [0.25, 0.3) is 0 Å². The summed E-state index contributed by atoms with van der Waals surface area (Å²) < 4.78 is 9.21. The Hall–Kier alpha value is -0.120. The number of epoxide rings is 2. The van der Waals surface area contributed by atoms with E-state index in [1.54, 1.807) is 0 Å². The Morgan fingerprint density at radius 3 is 1.81 bits per heavy atom. The first kappa shape index (κ1) is 15.9. The summed E-state index contributed by atoms with van der Waals surface area (Å²) in [6.45, 7) is 7.62. The van der Waals surface area contributed by atoms with Crippen LogP contribution in [0.4, 0.5) is 0 Å². The van der Waals surface area contributed by atoms with Gasteiger partial charge in [0.05, 0.1) is 25.9 Å². The Kier molecular flexibility index (Phi) is 12.9. The molecule has 3 heteroatoms. The normalized spacial score (nSPS) is 20.1. The van der Waals surface area contributed by atoms with E-state index in [1.165, 1.54) is 32.1 Å². The third-order valence-electron chi connectivity index (χ3n) is 2.22. The van der Waals surface area contributed by atoms with Gasteiger partial charge in [0.15, 0.2) is 0 Å². The molecule has 1 unspecified atom stereocenters. The number of aliphatic hydroxyl groups is 1. The Bertz CT molecular complexity index is 114. The van der Waals surface area contributed by atoms with Crippen LogP contribution in [0.2, 0.25) is 0 Å². The molecule has 0 aromatic heterocycles. The average Bonchev–Trinajstić information content (AvgIpc) is 3.12. The molecule has 1 atom stereocenters. The van der Waals surface area contributed by atoms with E-state index in [2.05, 4.69) is 18.6 Å². The lowest BCUT2D eigenvalue weighted by atomic mass is 10.1. The second-order valence-corrected chi connectivity index (χ2v) is 4.25. The van der Waals surface area contributed by atoms with E-state index in [9.17, 15) is 0 Å². The van der Waals surface area contributed by atoms with Crippen molar-refractivity contribution in [2.24, 2.45) is 0 Å². The summed E-state index contributed by atoms with van der Waals surface area (Å²) in [6.07, 6.45) is 8.08. The first-order valence-corrected chi connectivity index (χ1v) is 6.61. The standard InChI is InChI=1S/C8H18O.C3H6O.C2H4O/c1-2-3-4-5-6-7-8-9;1-3-2-4-3;1-2-3-1/h9H,2-8H2,1H3;3H,2H2,1H3;1-2H2. The lowest BCUT2D eigenvalue weighted by molar-refractivity contribution is 0.282. The molecule has 16 heavy (non-hydrogen) atoms. The molecule has 0 saturated carbocycles. The zero-order chi connectivity index (χ0) is 12.1. The van der Waals surface area contributed by atoms with Crippen LogP contribution in [0.3, 0.4) is 0 Å². The van der Waals surface area contributed by atoms with Gasteiger partial charge >= 0.3 is 0 Å². The fourth-order valence-corrected chi connectivity index (χ4v) is 0.988. The van der Waals surface area contributed by atoms with Gasteiger partial charge in [0.25, 0.3) is 0 Å². The summed E-state index contributed by atoms with van der Waals surface area (Å²) in [6, 6.07) is 0. The quantitative estimate of drug-likeness (QED) is 0.566. The van der Waals surface area contributed by atoms with Crippen molar-refractivity contribution in [1.29, 1.82) is 0 Å². The summed E-state index contributed by atoms with van der Waals surface area (Å²) in [5, 5.41) is 8.42. The summed E-state index contributed by atoms with van der Waals surface area (Å²) in [5.74, 6) is 0. The van der Waals surface area contributed by atoms with Gasteiger partial charge in [0.1, 0.15) is 0 Å². The highest BCUT2D eigenvalue weighted by Crippen LogP contribution is 2.04. The molecule has 0 bridgehead atoms. The van der Waals surface area contributed by atoms with Crippen molar-refractivity contribution in [3.05, 3.63) is 0 Å². The van der Waals surface area contributed by atoms with Gasteiger partial charge in [-0.25, -0.2) is 0 Å². The van der Waals surface area contributed by atoms with Crippen LogP contribution in [0.15, 0.2) is 0 Å². The predicted molar refractivity (Wildman–Crippen MR) is 66.7 cm³/mol. The van der Waals surface area contributed by atoms with Crippen molar-refractivity contribution >= 4 is 0 Å². The highest BCUT2D eigenvalue weighted by atomic mass is 16.6. The highest BCUT2D eigenvalue weighted by Gasteiger charge is 2.13. The van der Waals surface area contributed by atoms with Gasteiger partial charge in [-0.15, -0.1) is 0 Å². The smallest absolute Gasteiger partial charge is 0.0781 e. The van der Waals surface area contributed by atoms with Gasteiger partial charge < -0.3 is 14.6 Å². The first-order chi connectivity index (χ1) is 7.81. The monoisotopic (exact) mass is 232 g/mol. The van der Waals surface area contributed by atoms with Crippen molar-refractivity contribution in [1.82, 2.24) is 0 Å². The van der Waals surface area contributed by atoms with E-state index < -0.39 is 0 Å². The summed E-state index contributed by atoms with van der Waals surface area (Å²) in [5.41, 5.74) is 0. The molecule has 2 aliphatic heterocycles. The Balaban J connectivity index is 0.000000256. The number of unbranched alkanes of at least 4 members (excludes halogenated alkanes) is 5. The molecule has 2 heterocycles. The average molecular weight is 232 g/mol. The molecule has 98 valence electrons. The van der Waals surface area contributed by atoms with E-state index in [1.807, 2.05) is 0 Å². The van der Waals surface area contributed by atoms with Crippen LogP contribution in [0, 0.1) is 0 Å². The third-order valence-corrected chi connectivity index (χ3v) is 2.22. The second-order valence-electron chi connectivity index (χ2n) is 4.25. The van der Waals surface area contributed by atoms with Crippen LogP contribution in [-0.4, -0.2) is 37.6 Å². The third kappa shape index (κ3) is 23.6. The molecular formula is C13H28O3. The molecule has 0 radical (unpaired) electrons. The number of ether oxygens (including phenoxy) is 2. The topological polar surface area (TPSA) is 45.3 Å². The minimum atomic E-state index is 0.367. The lowest BCUT2D eigenvalue weighted by Crippen LogP contribution is -1.82. The zero-order valence-corrected chi connectivity index (χ0v) is 10.9. The van der Waals surface area contributed by atoms with Crippen LogP contribution in [0.1, 0.15) is 52.4 Å². The lowest BCUT2D eigenvalue weighted by Gasteiger charge is -1.95. The van der Waals surface area contributed by atoms with E-state index in [4.69, 9.17) is 9.84 Å². The van der Waals surface area contributed by atoms with Crippen molar-refractivity contribution < 1.29 is 14.6 Å². The molecule has 0 aromatic carbocycles. The van der Waals surface area contributed by atoms with E-state index in [-0.39, 0.29) is 0 Å². The fourth-order valence-electron chi connectivity index (χ4n) is 0.988. The van der Waals surface area contributed by atoms with Gasteiger partial charge in [-0.05, 0) is 13.3 Å². The Morgan fingerprint density at radius 2 is 1.50 bits per heavy atom. The van der Waals surface area contributed by atoms with Crippen molar-refractivity contribution in [2.45, 2.75) is 58.5 Å². The largest absolute Gasteiger partial charge is 0.396 e. The summed E-state index contributed by atoms with van der Waals surface area (Å²) in [4.78, 5) is 0. The first-order valence-electron chi connectivity index (χ1n) is 6.61. The Morgan fingerprint density at radius 1 is 1.06 bits per heavy atom. The SMILES string of the molecule is C1CO1.CC1CO1.CCCCCCCCO. The number of aliphatic hydroxyl groups excluding tert-OH is 1. The molecule has 3 nitrogen and oxygen atoms in total. The van der Waals surface area contributed by atoms with Gasteiger partial charge in [-0.2, -0.15) is 0 Å². The number of hydrogen-bond donors (Lipinski definition) is 1. The van der Waals surface area contributed by atoms with E-state index >= 15 is 0 Å². The number of rotatable bonds is 6. The molecule has 0 amide bonds. The molecule has 0 spiro atoms. The number of hydrogen-bond acceptors (Lipinski definition) is 3. The van der Waals surface area contributed by atoms with Crippen LogP contribution < -0.4 is 0 Å². The minimum Gasteiger partial charge on any atom is -0.396 e. The van der Waals surface area contributed by atoms with Crippen molar-refractivity contribution in [2.75, 3.05) is 26.4 Å². The molecule has 1 N–H and O–H groups in total. The van der Waals surface area contributed by atoms with Crippen molar-refractivity contribution in [3.8, 4) is 0 Å². The predicted octanol–water partition coefficient (Wildman–Crippen LogP) is 2.76. The summed E-state index contributed by atoms with van der Waals surface area (Å²) in [7, 11) is 0. The molecule has 2 aliphatic rings. The van der Waals surface area contributed by atoms with Crippen molar-refractivity contribution in [3.63, 3.8) is 0 Å². The molecule has 0 aliphatic carbocycles. The molecule has 0 aromatic rings. The molecule has 2 saturated heterocycles. The summed E-state index contributed by atoms with van der Waals surface area (Å²) >= 11 is 0. The molecule has 2 rings (SSSR count). The maximum atomic E-state index is 8.42. The van der Waals surface area contributed by atoms with Crippen LogP contribution >= 0.6 is 0 Å². The maximum absolute atomic E-state index is 8.42. The fraction of sp³-hybridized carbons (Fsp3) is 1.00. The van der Waals surface area contributed by atoms with Gasteiger partial charge in [0, 0.05) is 6.61 Å². The maximum Gasteiger partial charge on any atom is 0.0781 e. The zero-order valence-electron chi connectivity index (χ0n) is 10.9. The van der Waals surface area contributed by atoms with Gasteiger partial charge in [-0.1, -0.05) is 39.0 Å². The second kappa shape index (κ2) is 12.9. The van der Waals surface area contributed by atoms with E-state index in [0.29, 0.717) is 12.7 Å². The van der Waals surface area contributed by atoms with Gasteiger partial charge in [-0.3, -0.25) is 0 Å².